The van der Waals surface area contributed by atoms with Crippen molar-refractivity contribution in [3.8, 4) is 0 Å². The molecule has 0 fully saturated rings. The highest BCUT2D eigenvalue weighted by molar-refractivity contribution is 7.13. The third-order valence-corrected chi connectivity index (χ3v) is 2.80. The van der Waals surface area contributed by atoms with Gasteiger partial charge < -0.3 is 9.15 Å². The number of carbonyl (C=O) groups is 2. The lowest BCUT2D eigenvalue weighted by Gasteiger charge is -2.02. The zero-order chi connectivity index (χ0) is 13.0. The number of furan rings is 1. The van der Waals surface area contributed by atoms with Gasteiger partial charge in [0.2, 0.25) is 5.76 Å². The molecule has 0 bridgehead atoms. The quantitative estimate of drug-likeness (QED) is 0.854. The average molecular weight is 266 g/mol. The van der Waals surface area contributed by atoms with E-state index in [4.69, 9.17) is 9.15 Å². The molecule has 0 unspecified atom stereocenters. The maximum Gasteiger partial charge on any atom is 0.374 e. The summed E-state index contributed by atoms with van der Waals surface area (Å²) in [5.74, 6) is -1.05. The normalized spacial score (nSPS) is 10.1. The largest absolute Gasteiger partial charge is 0.457 e. The van der Waals surface area contributed by atoms with Gasteiger partial charge >= 0.3 is 5.97 Å². The minimum absolute atomic E-state index is 0.0629. The molecule has 2 aromatic heterocycles. The first-order chi connectivity index (χ1) is 8.65. The number of amides is 1. The minimum atomic E-state index is -0.675. The van der Waals surface area contributed by atoms with Crippen molar-refractivity contribution in [2.24, 2.45) is 0 Å². The second kappa shape index (κ2) is 5.46. The molecule has 0 aliphatic heterocycles. The molecule has 94 valence electrons. The summed E-state index contributed by atoms with van der Waals surface area (Å²) in [6, 6.07) is 3.03. The van der Waals surface area contributed by atoms with E-state index in [1.807, 2.05) is 12.3 Å². The fraction of sp³-hybridized carbons (Fsp3) is 0.182. The molecule has 0 atom stereocenters. The Kier molecular flexibility index (Phi) is 3.73. The topological polar surface area (TPSA) is 81.4 Å². The number of rotatable bonds is 4. The molecule has 0 spiro atoms. The summed E-state index contributed by atoms with van der Waals surface area (Å²) in [6.45, 7) is 1.45. The Bertz CT molecular complexity index is 547. The molecule has 0 radical (unpaired) electrons. The molecule has 2 heterocycles. The Morgan fingerprint density at radius 2 is 2.39 bits per heavy atom. The van der Waals surface area contributed by atoms with Crippen LogP contribution in [0.4, 0.5) is 5.13 Å². The van der Waals surface area contributed by atoms with Crippen LogP contribution in [-0.2, 0) is 9.53 Å². The number of anilines is 1. The van der Waals surface area contributed by atoms with Crippen molar-refractivity contribution >= 4 is 28.3 Å². The average Bonchev–Trinajstić information content (AvgIpc) is 2.97. The number of aryl methyl sites for hydroxylation is 1. The number of esters is 1. The van der Waals surface area contributed by atoms with Crippen LogP contribution >= 0.6 is 11.3 Å². The van der Waals surface area contributed by atoms with Crippen LogP contribution in [0, 0.1) is 6.92 Å². The highest BCUT2D eigenvalue weighted by Gasteiger charge is 2.13. The fourth-order valence-electron chi connectivity index (χ4n) is 1.16. The predicted molar refractivity (Wildman–Crippen MR) is 64.5 cm³/mol. The Balaban J connectivity index is 1.80. The Labute approximate surface area is 107 Å². The zero-order valence-corrected chi connectivity index (χ0v) is 10.3. The van der Waals surface area contributed by atoms with Crippen molar-refractivity contribution in [3.05, 3.63) is 35.2 Å². The van der Waals surface area contributed by atoms with Crippen molar-refractivity contribution in [1.82, 2.24) is 4.98 Å². The van der Waals surface area contributed by atoms with Gasteiger partial charge in [0.1, 0.15) is 0 Å². The molecular weight excluding hydrogens is 256 g/mol. The summed E-state index contributed by atoms with van der Waals surface area (Å²) in [6.07, 6.45) is 1.36. The summed E-state index contributed by atoms with van der Waals surface area (Å²) in [7, 11) is 0. The molecule has 2 aromatic rings. The van der Waals surface area contributed by atoms with Crippen LogP contribution in [0.15, 0.2) is 28.2 Å². The SMILES string of the molecule is Cc1csc(NC(=O)COC(=O)c2ccco2)n1. The van der Waals surface area contributed by atoms with Crippen LogP contribution in [0.3, 0.4) is 0 Å². The smallest absolute Gasteiger partial charge is 0.374 e. The van der Waals surface area contributed by atoms with E-state index in [9.17, 15) is 9.59 Å². The first-order valence-electron chi connectivity index (χ1n) is 5.08. The fourth-order valence-corrected chi connectivity index (χ4v) is 1.87. The van der Waals surface area contributed by atoms with Gasteiger partial charge in [0.25, 0.3) is 5.91 Å². The van der Waals surface area contributed by atoms with Gasteiger partial charge in [-0.15, -0.1) is 11.3 Å². The van der Waals surface area contributed by atoms with Crippen LogP contribution in [-0.4, -0.2) is 23.5 Å². The van der Waals surface area contributed by atoms with Gasteiger partial charge in [-0.2, -0.15) is 0 Å². The lowest BCUT2D eigenvalue weighted by Crippen LogP contribution is -2.20. The third-order valence-electron chi connectivity index (χ3n) is 1.92. The van der Waals surface area contributed by atoms with Crippen LogP contribution in [0.2, 0.25) is 0 Å². The van der Waals surface area contributed by atoms with Crippen molar-refractivity contribution in [3.63, 3.8) is 0 Å². The number of thiazole rings is 1. The number of aromatic nitrogens is 1. The molecule has 18 heavy (non-hydrogen) atoms. The van der Waals surface area contributed by atoms with Crippen LogP contribution < -0.4 is 5.32 Å². The molecule has 0 aromatic carbocycles. The number of ether oxygens (including phenoxy) is 1. The van der Waals surface area contributed by atoms with E-state index in [0.717, 1.165) is 5.69 Å². The van der Waals surface area contributed by atoms with Crippen LogP contribution in [0.25, 0.3) is 0 Å². The summed E-state index contributed by atoms with van der Waals surface area (Å²) >= 11 is 1.31. The van der Waals surface area contributed by atoms with Crippen molar-refractivity contribution in [2.75, 3.05) is 11.9 Å². The maximum absolute atomic E-state index is 11.4. The molecule has 6 nitrogen and oxygen atoms in total. The number of carbonyl (C=O) groups excluding carboxylic acids is 2. The van der Waals surface area contributed by atoms with Gasteiger partial charge in [-0.3, -0.25) is 10.1 Å². The number of hydrogen-bond donors (Lipinski definition) is 1. The standard InChI is InChI=1S/C11H10N2O4S/c1-7-6-18-11(12-7)13-9(14)5-17-10(15)8-3-2-4-16-8/h2-4,6H,5H2,1H3,(H,12,13,14). The monoisotopic (exact) mass is 266 g/mol. The molecule has 1 amide bonds. The predicted octanol–water partition coefficient (Wildman–Crippen LogP) is 1.84. The van der Waals surface area contributed by atoms with E-state index in [0.29, 0.717) is 5.13 Å². The Morgan fingerprint density at radius 1 is 1.56 bits per heavy atom. The van der Waals surface area contributed by atoms with Crippen molar-refractivity contribution in [1.29, 1.82) is 0 Å². The zero-order valence-electron chi connectivity index (χ0n) is 9.50. The molecule has 2 rings (SSSR count). The molecule has 1 N–H and O–H groups in total. The molecule has 7 heteroatoms. The van der Waals surface area contributed by atoms with E-state index >= 15 is 0 Å². The van der Waals surface area contributed by atoms with E-state index in [1.54, 1.807) is 6.07 Å². The van der Waals surface area contributed by atoms with Crippen molar-refractivity contribution < 1.29 is 18.7 Å². The van der Waals surface area contributed by atoms with E-state index in [2.05, 4.69) is 10.3 Å². The number of nitrogens with one attached hydrogen (secondary N) is 1. The highest BCUT2D eigenvalue weighted by atomic mass is 32.1. The maximum atomic E-state index is 11.4. The van der Waals surface area contributed by atoms with Crippen LogP contribution in [0.5, 0.6) is 0 Å². The van der Waals surface area contributed by atoms with E-state index < -0.39 is 11.9 Å². The van der Waals surface area contributed by atoms with E-state index in [-0.39, 0.29) is 12.4 Å². The van der Waals surface area contributed by atoms with Gasteiger partial charge in [0.05, 0.1) is 12.0 Å². The summed E-state index contributed by atoms with van der Waals surface area (Å²) in [5.41, 5.74) is 0.822. The van der Waals surface area contributed by atoms with Gasteiger partial charge in [0, 0.05) is 5.38 Å². The summed E-state index contributed by atoms with van der Waals surface area (Å²) < 4.78 is 9.59. The summed E-state index contributed by atoms with van der Waals surface area (Å²) in [5, 5.41) is 4.81. The first kappa shape index (κ1) is 12.3. The molecule has 0 aliphatic rings. The minimum Gasteiger partial charge on any atom is -0.457 e. The lowest BCUT2D eigenvalue weighted by molar-refractivity contribution is -0.119. The Morgan fingerprint density at radius 3 is 3.00 bits per heavy atom. The van der Waals surface area contributed by atoms with Crippen LogP contribution in [0.1, 0.15) is 16.2 Å². The Hall–Kier alpha value is -2.15. The highest BCUT2D eigenvalue weighted by Crippen LogP contribution is 2.14. The summed E-state index contributed by atoms with van der Waals surface area (Å²) in [4.78, 5) is 26.9. The molecule has 0 saturated carbocycles. The number of hydrogen-bond acceptors (Lipinski definition) is 6. The molecule has 0 aliphatic carbocycles. The van der Waals surface area contributed by atoms with Gasteiger partial charge in [0.15, 0.2) is 11.7 Å². The molecule has 0 saturated heterocycles. The first-order valence-corrected chi connectivity index (χ1v) is 5.96. The number of nitrogens with zero attached hydrogens (tertiary/aromatic N) is 1. The van der Waals surface area contributed by atoms with Gasteiger partial charge in [-0.1, -0.05) is 0 Å². The van der Waals surface area contributed by atoms with Gasteiger partial charge in [-0.05, 0) is 19.1 Å². The lowest BCUT2D eigenvalue weighted by atomic mass is 10.4. The third kappa shape index (κ3) is 3.17. The second-order valence-corrected chi connectivity index (χ2v) is 4.25. The van der Waals surface area contributed by atoms with Crippen molar-refractivity contribution in [2.45, 2.75) is 6.92 Å². The molecular formula is C11H10N2O4S. The van der Waals surface area contributed by atoms with Gasteiger partial charge in [-0.25, -0.2) is 9.78 Å². The van der Waals surface area contributed by atoms with E-state index in [1.165, 1.54) is 23.7 Å². The second-order valence-electron chi connectivity index (χ2n) is 3.40.